The van der Waals surface area contributed by atoms with Crippen molar-refractivity contribution in [2.75, 3.05) is 27.0 Å². The van der Waals surface area contributed by atoms with E-state index in [9.17, 15) is 0 Å². The summed E-state index contributed by atoms with van der Waals surface area (Å²) in [6.45, 7) is 6.06. The highest BCUT2D eigenvalue weighted by atomic mass is 16.7. The van der Waals surface area contributed by atoms with Crippen molar-refractivity contribution in [2.45, 2.75) is 19.8 Å². The third-order valence-corrected chi connectivity index (χ3v) is 5.50. The normalized spacial score (nSPS) is 14.0. The largest absolute Gasteiger partial charge is 0.467 e. The number of aromatic nitrogens is 5. The zero-order valence-corrected chi connectivity index (χ0v) is 17.8. The minimum Gasteiger partial charge on any atom is -0.467 e. The molecule has 1 N–H and O–H groups in total. The van der Waals surface area contributed by atoms with Gasteiger partial charge in [0.2, 0.25) is 0 Å². The van der Waals surface area contributed by atoms with E-state index in [1.54, 1.807) is 7.11 Å². The van der Waals surface area contributed by atoms with Gasteiger partial charge in [-0.2, -0.15) is 15.3 Å². The first-order valence-electron chi connectivity index (χ1n) is 10.3. The number of rotatable bonds is 6. The summed E-state index contributed by atoms with van der Waals surface area (Å²) in [6.07, 6.45) is 1.93. The summed E-state index contributed by atoms with van der Waals surface area (Å²) in [5.74, 6) is 1.12. The van der Waals surface area contributed by atoms with Crippen molar-refractivity contribution in [2.24, 2.45) is 0 Å². The van der Waals surface area contributed by atoms with Gasteiger partial charge < -0.3 is 14.8 Å². The van der Waals surface area contributed by atoms with Crippen molar-refractivity contribution in [1.29, 1.82) is 0 Å². The van der Waals surface area contributed by atoms with Crippen LogP contribution in [0.2, 0.25) is 0 Å². The summed E-state index contributed by atoms with van der Waals surface area (Å²) < 4.78 is 12.9. The maximum absolute atomic E-state index is 5.89. The predicted octanol–water partition coefficient (Wildman–Crippen LogP) is 3.14. The minimum absolute atomic E-state index is 0.141. The molecule has 0 atom stereocenters. The number of nitrogens with one attached hydrogen (secondary N) is 1. The molecule has 31 heavy (non-hydrogen) atoms. The minimum atomic E-state index is 0.141. The SMILES string of the molecule is COCOc1cc(-c2cc(C)c3nc(C)cn3n2)ccc1-c1ccc(C2CNC2)nn1. The zero-order chi connectivity index (χ0) is 21.4. The molecule has 0 unspecified atom stereocenters. The van der Waals surface area contributed by atoms with Gasteiger partial charge in [-0.25, -0.2) is 9.50 Å². The quantitative estimate of drug-likeness (QED) is 0.483. The van der Waals surface area contributed by atoms with E-state index in [2.05, 4.69) is 20.5 Å². The van der Waals surface area contributed by atoms with E-state index in [0.29, 0.717) is 11.7 Å². The topological polar surface area (TPSA) is 86.5 Å². The summed E-state index contributed by atoms with van der Waals surface area (Å²) in [5.41, 5.74) is 7.29. The van der Waals surface area contributed by atoms with Crippen LogP contribution in [0.15, 0.2) is 42.6 Å². The van der Waals surface area contributed by atoms with Crippen LogP contribution < -0.4 is 10.1 Å². The summed E-state index contributed by atoms with van der Waals surface area (Å²) in [7, 11) is 1.60. The molecule has 1 aliphatic heterocycles. The van der Waals surface area contributed by atoms with Gasteiger partial charge in [0.1, 0.15) is 5.75 Å². The van der Waals surface area contributed by atoms with E-state index in [4.69, 9.17) is 14.6 Å². The molecule has 158 valence electrons. The lowest BCUT2D eigenvalue weighted by atomic mass is 9.98. The average molecular weight is 416 g/mol. The van der Waals surface area contributed by atoms with E-state index in [1.165, 1.54) is 0 Å². The molecule has 1 saturated heterocycles. The van der Waals surface area contributed by atoms with Crippen molar-refractivity contribution in [3.63, 3.8) is 0 Å². The lowest BCUT2D eigenvalue weighted by Gasteiger charge is -2.25. The van der Waals surface area contributed by atoms with Crippen molar-refractivity contribution in [3.8, 4) is 28.3 Å². The van der Waals surface area contributed by atoms with Gasteiger partial charge in [-0.3, -0.25) is 0 Å². The fourth-order valence-corrected chi connectivity index (χ4v) is 3.72. The highest BCUT2D eigenvalue weighted by molar-refractivity contribution is 5.74. The van der Waals surface area contributed by atoms with Gasteiger partial charge in [0.05, 0.1) is 29.0 Å². The van der Waals surface area contributed by atoms with Crippen LogP contribution in [0.3, 0.4) is 0 Å². The van der Waals surface area contributed by atoms with Gasteiger partial charge in [0.25, 0.3) is 0 Å². The number of fused-ring (bicyclic) bond motifs is 1. The van der Waals surface area contributed by atoms with Crippen molar-refractivity contribution < 1.29 is 9.47 Å². The first-order valence-corrected chi connectivity index (χ1v) is 10.3. The Bertz CT molecular complexity index is 1230. The van der Waals surface area contributed by atoms with E-state index in [0.717, 1.165) is 58.2 Å². The lowest BCUT2D eigenvalue weighted by molar-refractivity contribution is 0.0515. The fraction of sp³-hybridized carbons (Fsp3) is 0.304. The zero-order valence-electron chi connectivity index (χ0n) is 17.8. The molecule has 1 aromatic carbocycles. The summed E-state index contributed by atoms with van der Waals surface area (Å²) in [4.78, 5) is 4.53. The molecule has 0 aliphatic carbocycles. The van der Waals surface area contributed by atoms with Gasteiger partial charge in [0.15, 0.2) is 12.4 Å². The number of nitrogens with zero attached hydrogens (tertiary/aromatic N) is 5. The molecule has 0 spiro atoms. The maximum Gasteiger partial charge on any atom is 0.188 e. The van der Waals surface area contributed by atoms with Crippen molar-refractivity contribution in [1.82, 2.24) is 30.1 Å². The molecule has 5 rings (SSSR count). The Balaban J connectivity index is 1.53. The van der Waals surface area contributed by atoms with E-state index >= 15 is 0 Å². The summed E-state index contributed by atoms with van der Waals surface area (Å²) >= 11 is 0. The first-order chi connectivity index (χ1) is 15.1. The molecule has 8 nitrogen and oxygen atoms in total. The molecule has 0 radical (unpaired) electrons. The Morgan fingerprint density at radius 3 is 2.65 bits per heavy atom. The van der Waals surface area contributed by atoms with Crippen LogP contribution in [0.1, 0.15) is 22.9 Å². The molecule has 4 aromatic rings. The van der Waals surface area contributed by atoms with Gasteiger partial charge in [-0.1, -0.05) is 6.07 Å². The number of imidazole rings is 1. The van der Waals surface area contributed by atoms with Crippen LogP contribution in [0.5, 0.6) is 5.75 Å². The Hall–Kier alpha value is -3.36. The molecule has 4 heterocycles. The highest BCUT2D eigenvalue weighted by Crippen LogP contribution is 2.33. The molecule has 3 aromatic heterocycles. The van der Waals surface area contributed by atoms with Crippen LogP contribution in [0.25, 0.3) is 28.2 Å². The Morgan fingerprint density at radius 1 is 1.06 bits per heavy atom. The van der Waals surface area contributed by atoms with Gasteiger partial charge in [-0.15, -0.1) is 0 Å². The standard InChI is InChI=1S/C23H24N6O2/c1-14-8-21(28-29-12-15(2)25-23(14)29)16-4-5-18(22(9-16)31-13-30-3)20-7-6-19(26-27-20)17-10-24-11-17/h4-9,12,17,24H,10-11,13H2,1-3H3. The Kier molecular flexibility index (Phi) is 5.09. The molecule has 0 bridgehead atoms. The van der Waals surface area contributed by atoms with Crippen molar-refractivity contribution in [3.05, 3.63) is 59.5 Å². The van der Waals surface area contributed by atoms with Gasteiger partial charge in [-0.05, 0) is 49.7 Å². The van der Waals surface area contributed by atoms with Crippen LogP contribution in [-0.4, -0.2) is 51.8 Å². The molecule has 8 heteroatoms. The molecular formula is C23H24N6O2. The van der Waals surface area contributed by atoms with Crippen LogP contribution in [0.4, 0.5) is 0 Å². The number of hydrogen-bond acceptors (Lipinski definition) is 7. The predicted molar refractivity (Wildman–Crippen MR) is 117 cm³/mol. The molecule has 0 amide bonds. The molecule has 0 saturated carbocycles. The Labute approximate surface area is 180 Å². The second kappa shape index (κ2) is 8.05. The molecular weight excluding hydrogens is 392 g/mol. The number of aryl methyl sites for hydroxylation is 2. The summed E-state index contributed by atoms with van der Waals surface area (Å²) in [5, 5.41) is 16.9. The lowest BCUT2D eigenvalue weighted by Crippen LogP contribution is -2.40. The van der Waals surface area contributed by atoms with E-state index < -0.39 is 0 Å². The first kappa shape index (κ1) is 19.6. The van der Waals surface area contributed by atoms with Crippen LogP contribution in [0, 0.1) is 13.8 Å². The maximum atomic E-state index is 5.89. The van der Waals surface area contributed by atoms with Crippen molar-refractivity contribution >= 4 is 5.65 Å². The third kappa shape index (κ3) is 3.75. The van der Waals surface area contributed by atoms with Crippen LogP contribution >= 0.6 is 0 Å². The number of hydrogen-bond donors (Lipinski definition) is 1. The number of ether oxygens (including phenoxy) is 2. The fourth-order valence-electron chi connectivity index (χ4n) is 3.72. The van der Waals surface area contributed by atoms with Gasteiger partial charge in [0, 0.05) is 37.2 Å². The molecule has 1 fully saturated rings. The second-order valence-corrected chi connectivity index (χ2v) is 7.82. The Morgan fingerprint density at radius 2 is 1.94 bits per heavy atom. The van der Waals surface area contributed by atoms with Gasteiger partial charge >= 0.3 is 0 Å². The molecule has 1 aliphatic rings. The second-order valence-electron chi connectivity index (χ2n) is 7.82. The third-order valence-electron chi connectivity index (χ3n) is 5.50. The highest BCUT2D eigenvalue weighted by Gasteiger charge is 2.21. The number of benzene rings is 1. The van der Waals surface area contributed by atoms with E-state index in [-0.39, 0.29) is 6.79 Å². The monoisotopic (exact) mass is 416 g/mol. The number of methoxy groups -OCH3 is 1. The average Bonchev–Trinajstić information content (AvgIpc) is 3.12. The van der Waals surface area contributed by atoms with E-state index in [1.807, 2.05) is 61.0 Å². The van der Waals surface area contributed by atoms with Crippen LogP contribution in [-0.2, 0) is 4.74 Å². The smallest absolute Gasteiger partial charge is 0.188 e. The summed E-state index contributed by atoms with van der Waals surface area (Å²) in [6, 6.07) is 12.1.